The minimum absolute atomic E-state index is 0.0186. The average molecular weight is 316 g/mol. The third-order valence-corrected chi connectivity index (χ3v) is 3.42. The predicted molar refractivity (Wildman–Crippen MR) is 79.5 cm³/mol. The molecule has 0 aliphatic carbocycles. The summed E-state index contributed by atoms with van der Waals surface area (Å²) in [6.45, 7) is 0.851. The Bertz CT molecular complexity index is 493. The minimum Gasteiger partial charge on any atom is -0.337 e. The Morgan fingerprint density at radius 1 is 1.35 bits per heavy atom. The molecule has 1 aliphatic heterocycles. The molecule has 1 aromatic rings. The first-order valence-corrected chi connectivity index (χ1v) is 7.17. The van der Waals surface area contributed by atoms with Crippen LogP contribution in [-0.4, -0.2) is 36.9 Å². The van der Waals surface area contributed by atoms with E-state index in [1.165, 1.54) is 0 Å². The summed E-state index contributed by atoms with van der Waals surface area (Å²) in [4.78, 5) is 25.1. The van der Waals surface area contributed by atoms with Gasteiger partial charge >= 0.3 is 6.03 Å². The number of carbonyl (C=O) groups excluding carboxylic acids is 2. The molecule has 0 radical (unpaired) electrons. The number of rotatable bonds is 4. The number of hydrogen-bond donors (Lipinski definition) is 2. The molecule has 1 atom stereocenters. The van der Waals surface area contributed by atoms with Gasteiger partial charge in [-0.05, 0) is 24.3 Å². The Morgan fingerprint density at radius 3 is 2.70 bits per heavy atom. The standard InChI is InChI=1S/C13H15Cl2N3O2/c14-5-6-16-13(20)17-10-7-12(19)18(8-10)11-3-1-9(15)2-4-11/h1-4,10H,5-8H2,(H2,16,17,20). The van der Waals surface area contributed by atoms with Crippen LogP contribution < -0.4 is 15.5 Å². The average Bonchev–Trinajstić information content (AvgIpc) is 2.78. The summed E-state index contributed by atoms with van der Waals surface area (Å²) in [6.07, 6.45) is 0.289. The predicted octanol–water partition coefficient (Wildman–Crippen LogP) is 1.98. The minimum atomic E-state index is -0.304. The molecule has 20 heavy (non-hydrogen) atoms. The Hall–Kier alpha value is -1.46. The Labute approximate surface area is 127 Å². The van der Waals surface area contributed by atoms with E-state index in [-0.39, 0.29) is 24.4 Å². The first kappa shape index (κ1) is 14.9. The van der Waals surface area contributed by atoms with Crippen LogP contribution in [0.1, 0.15) is 6.42 Å². The molecule has 7 heteroatoms. The van der Waals surface area contributed by atoms with Crippen LogP contribution in [0.5, 0.6) is 0 Å². The molecule has 1 fully saturated rings. The maximum Gasteiger partial charge on any atom is 0.315 e. The number of nitrogens with zero attached hydrogens (tertiary/aromatic N) is 1. The molecule has 0 saturated carbocycles. The molecule has 0 spiro atoms. The molecule has 1 aliphatic rings. The number of benzene rings is 1. The summed E-state index contributed by atoms with van der Waals surface area (Å²) in [5, 5.41) is 5.99. The van der Waals surface area contributed by atoms with Crippen LogP contribution in [0.15, 0.2) is 24.3 Å². The van der Waals surface area contributed by atoms with Crippen molar-refractivity contribution < 1.29 is 9.59 Å². The van der Waals surface area contributed by atoms with Crippen LogP contribution in [0, 0.1) is 0 Å². The molecule has 3 amide bonds. The lowest BCUT2D eigenvalue weighted by atomic mass is 10.2. The fourth-order valence-corrected chi connectivity index (χ4v) is 2.29. The number of alkyl halides is 1. The Morgan fingerprint density at radius 2 is 2.05 bits per heavy atom. The van der Waals surface area contributed by atoms with Crippen LogP contribution in [0.4, 0.5) is 10.5 Å². The molecular weight excluding hydrogens is 301 g/mol. The van der Waals surface area contributed by atoms with E-state index >= 15 is 0 Å². The van der Waals surface area contributed by atoms with Crippen LogP contribution >= 0.6 is 23.2 Å². The number of hydrogen-bond acceptors (Lipinski definition) is 2. The monoisotopic (exact) mass is 315 g/mol. The third kappa shape index (κ3) is 3.77. The largest absolute Gasteiger partial charge is 0.337 e. The number of halogens is 2. The number of carbonyl (C=O) groups is 2. The van der Waals surface area contributed by atoms with Crippen LogP contribution in [0.3, 0.4) is 0 Å². The highest BCUT2D eigenvalue weighted by atomic mass is 35.5. The second-order valence-electron chi connectivity index (χ2n) is 4.47. The molecule has 1 saturated heterocycles. The van der Waals surface area contributed by atoms with Crippen molar-refractivity contribution in [3.63, 3.8) is 0 Å². The topological polar surface area (TPSA) is 61.4 Å². The lowest BCUT2D eigenvalue weighted by Gasteiger charge is -2.17. The van der Waals surface area contributed by atoms with E-state index in [4.69, 9.17) is 23.2 Å². The van der Waals surface area contributed by atoms with Gasteiger partial charge in [-0.3, -0.25) is 4.79 Å². The lowest BCUT2D eigenvalue weighted by Crippen LogP contribution is -2.43. The van der Waals surface area contributed by atoms with Gasteiger partial charge in [0.25, 0.3) is 0 Å². The fourth-order valence-electron chi connectivity index (χ4n) is 2.07. The summed E-state index contributed by atoms with van der Waals surface area (Å²) in [5.74, 6) is 0.337. The van der Waals surface area contributed by atoms with Gasteiger partial charge in [0.1, 0.15) is 0 Å². The second-order valence-corrected chi connectivity index (χ2v) is 5.29. The van der Waals surface area contributed by atoms with E-state index in [0.717, 1.165) is 5.69 Å². The van der Waals surface area contributed by atoms with Gasteiger partial charge in [-0.2, -0.15) is 0 Å². The van der Waals surface area contributed by atoms with E-state index in [2.05, 4.69) is 10.6 Å². The molecule has 5 nitrogen and oxygen atoms in total. The molecule has 0 bridgehead atoms. The maximum atomic E-state index is 12.0. The quantitative estimate of drug-likeness (QED) is 0.835. The zero-order valence-corrected chi connectivity index (χ0v) is 12.2. The van der Waals surface area contributed by atoms with Crippen molar-refractivity contribution in [2.45, 2.75) is 12.5 Å². The summed E-state index contributed by atoms with van der Waals surface area (Å²) < 4.78 is 0. The molecule has 2 rings (SSSR count). The number of amides is 3. The van der Waals surface area contributed by atoms with Gasteiger partial charge in [0.05, 0.1) is 6.04 Å². The molecular formula is C13H15Cl2N3O2. The number of urea groups is 1. The van der Waals surface area contributed by atoms with E-state index in [1.807, 2.05) is 0 Å². The smallest absolute Gasteiger partial charge is 0.315 e. The van der Waals surface area contributed by atoms with E-state index in [1.54, 1.807) is 29.2 Å². The Kier molecular flexibility index (Phi) is 5.09. The van der Waals surface area contributed by atoms with Gasteiger partial charge in [-0.15, -0.1) is 11.6 Å². The van der Waals surface area contributed by atoms with E-state index in [9.17, 15) is 9.59 Å². The summed E-state index contributed by atoms with van der Waals surface area (Å²) in [7, 11) is 0. The van der Waals surface area contributed by atoms with Crippen molar-refractivity contribution in [1.29, 1.82) is 0 Å². The highest BCUT2D eigenvalue weighted by Crippen LogP contribution is 2.23. The zero-order chi connectivity index (χ0) is 14.5. The highest BCUT2D eigenvalue weighted by molar-refractivity contribution is 6.30. The second kappa shape index (κ2) is 6.81. The van der Waals surface area contributed by atoms with Crippen molar-refractivity contribution in [1.82, 2.24) is 10.6 Å². The summed E-state index contributed by atoms with van der Waals surface area (Å²) in [6, 6.07) is 6.54. The van der Waals surface area contributed by atoms with Crippen LogP contribution in [0.2, 0.25) is 5.02 Å². The highest BCUT2D eigenvalue weighted by Gasteiger charge is 2.31. The Balaban J connectivity index is 1.93. The van der Waals surface area contributed by atoms with Crippen molar-refractivity contribution in [3.8, 4) is 0 Å². The number of nitrogens with one attached hydrogen (secondary N) is 2. The lowest BCUT2D eigenvalue weighted by molar-refractivity contribution is -0.117. The van der Waals surface area contributed by atoms with Gasteiger partial charge in [0.15, 0.2) is 0 Å². The third-order valence-electron chi connectivity index (χ3n) is 2.98. The molecule has 1 heterocycles. The van der Waals surface area contributed by atoms with Crippen LogP contribution in [-0.2, 0) is 4.79 Å². The van der Waals surface area contributed by atoms with Crippen molar-refractivity contribution in [2.24, 2.45) is 0 Å². The van der Waals surface area contributed by atoms with Gasteiger partial charge in [0, 0.05) is 36.1 Å². The molecule has 1 unspecified atom stereocenters. The van der Waals surface area contributed by atoms with E-state index < -0.39 is 0 Å². The molecule has 1 aromatic carbocycles. The van der Waals surface area contributed by atoms with Gasteiger partial charge in [-0.25, -0.2) is 4.79 Å². The normalized spacial score (nSPS) is 18.2. The maximum absolute atomic E-state index is 12.0. The summed E-state index contributed by atoms with van der Waals surface area (Å²) >= 11 is 11.3. The first-order valence-electron chi connectivity index (χ1n) is 6.26. The van der Waals surface area contributed by atoms with Crippen molar-refractivity contribution in [3.05, 3.63) is 29.3 Å². The van der Waals surface area contributed by atoms with Crippen molar-refractivity contribution >= 4 is 40.8 Å². The van der Waals surface area contributed by atoms with Gasteiger partial charge in [-0.1, -0.05) is 11.6 Å². The van der Waals surface area contributed by atoms with E-state index in [0.29, 0.717) is 24.0 Å². The van der Waals surface area contributed by atoms with Gasteiger partial charge in [0.2, 0.25) is 5.91 Å². The SMILES string of the molecule is O=C(NCCCl)NC1CC(=O)N(c2ccc(Cl)cc2)C1. The summed E-state index contributed by atoms with van der Waals surface area (Å²) in [5.41, 5.74) is 0.782. The zero-order valence-electron chi connectivity index (χ0n) is 10.7. The fraction of sp³-hybridized carbons (Fsp3) is 0.385. The number of anilines is 1. The van der Waals surface area contributed by atoms with Gasteiger partial charge < -0.3 is 15.5 Å². The van der Waals surface area contributed by atoms with Crippen molar-refractivity contribution in [2.75, 3.05) is 23.9 Å². The molecule has 2 N–H and O–H groups in total. The molecule has 0 aromatic heterocycles. The van der Waals surface area contributed by atoms with Crippen LogP contribution in [0.25, 0.3) is 0 Å². The first-order chi connectivity index (χ1) is 9.60. The molecule has 108 valence electrons.